The van der Waals surface area contributed by atoms with E-state index in [2.05, 4.69) is 25.8 Å². The quantitative estimate of drug-likeness (QED) is 0.662. The number of hydrogen-bond acceptors (Lipinski definition) is 2. The molecule has 0 aromatic rings. The first kappa shape index (κ1) is 9.97. The molecule has 2 fully saturated rings. The van der Waals surface area contributed by atoms with Gasteiger partial charge in [-0.3, -0.25) is 4.79 Å². The summed E-state index contributed by atoms with van der Waals surface area (Å²) in [4.78, 5) is 16.3. The molecule has 1 aliphatic heterocycles. The number of amides is 1. The second-order valence-corrected chi connectivity index (χ2v) is 4.59. The molecule has 3 heteroatoms. The van der Waals surface area contributed by atoms with Crippen LogP contribution in [-0.2, 0) is 4.79 Å². The fourth-order valence-corrected chi connectivity index (χ4v) is 2.85. The van der Waals surface area contributed by atoms with Crippen LogP contribution in [0.15, 0.2) is 0 Å². The van der Waals surface area contributed by atoms with Gasteiger partial charge in [0.15, 0.2) is 0 Å². The Labute approximate surface area is 86.1 Å². The van der Waals surface area contributed by atoms with E-state index in [0.29, 0.717) is 23.7 Å². The van der Waals surface area contributed by atoms with Crippen molar-refractivity contribution in [1.29, 1.82) is 0 Å². The summed E-state index contributed by atoms with van der Waals surface area (Å²) in [5, 5.41) is 0. The number of nitrogens with zero attached hydrogens (tertiary/aromatic N) is 2. The van der Waals surface area contributed by atoms with Gasteiger partial charge in [0.1, 0.15) is 0 Å². The van der Waals surface area contributed by atoms with Crippen molar-refractivity contribution in [2.75, 3.05) is 33.2 Å². The van der Waals surface area contributed by atoms with Crippen LogP contribution in [0, 0.1) is 17.8 Å². The maximum atomic E-state index is 12.0. The van der Waals surface area contributed by atoms with E-state index in [-0.39, 0.29) is 0 Å². The minimum Gasteiger partial charge on any atom is -0.343 e. The molecule has 1 saturated heterocycles. The first-order valence-electron chi connectivity index (χ1n) is 5.66. The fraction of sp³-hybridized carbons (Fsp3) is 0.909. The minimum absolute atomic E-state index is 0.367. The van der Waals surface area contributed by atoms with E-state index in [4.69, 9.17) is 0 Å². The predicted molar refractivity (Wildman–Crippen MR) is 55.9 cm³/mol. The van der Waals surface area contributed by atoms with Crippen molar-refractivity contribution >= 4 is 5.91 Å². The maximum Gasteiger partial charge on any atom is 0.226 e. The van der Waals surface area contributed by atoms with Crippen LogP contribution in [0.2, 0.25) is 0 Å². The van der Waals surface area contributed by atoms with Crippen molar-refractivity contribution in [3.63, 3.8) is 0 Å². The van der Waals surface area contributed by atoms with Crippen LogP contribution in [-0.4, -0.2) is 48.9 Å². The third-order valence-corrected chi connectivity index (χ3v) is 3.74. The highest BCUT2D eigenvalue weighted by atomic mass is 16.2. The minimum atomic E-state index is 0.367. The Balaban J connectivity index is 1.90. The zero-order chi connectivity index (χ0) is 10.3. The Morgan fingerprint density at radius 3 is 2.21 bits per heavy atom. The SMILES string of the molecule is CCN(CC)C(=O)C1[C@H]2CN(C)C[C@@H]12. The lowest BCUT2D eigenvalue weighted by Gasteiger charge is -2.21. The molecule has 1 heterocycles. The summed E-state index contributed by atoms with van der Waals surface area (Å²) in [7, 11) is 2.14. The third-order valence-electron chi connectivity index (χ3n) is 3.74. The van der Waals surface area contributed by atoms with Gasteiger partial charge in [-0.25, -0.2) is 0 Å². The topological polar surface area (TPSA) is 23.6 Å². The van der Waals surface area contributed by atoms with E-state index >= 15 is 0 Å². The molecule has 1 unspecified atom stereocenters. The second-order valence-electron chi connectivity index (χ2n) is 4.59. The zero-order valence-corrected chi connectivity index (χ0v) is 9.36. The van der Waals surface area contributed by atoms with Crippen LogP contribution in [0.5, 0.6) is 0 Å². The van der Waals surface area contributed by atoms with E-state index in [1.165, 1.54) is 0 Å². The molecular formula is C11H20N2O. The lowest BCUT2D eigenvalue weighted by molar-refractivity contribution is -0.133. The normalized spacial score (nSPS) is 35.5. The average molecular weight is 196 g/mol. The van der Waals surface area contributed by atoms with Gasteiger partial charge in [0, 0.05) is 32.1 Å². The molecule has 0 aromatic heterocycles. The molecule has 80 valence electrons. The molecule has 0 radical (unpaired) electrons. The Kier molecular flexibility index (Phi) is 2.52. The largest absolute Gasteiger partial charge is 0.343 e. The number of piperidine rings is 1. The maximum absolute atomic E-state index is 12.0. The molecule has 0 aromatic carbocycles. The smallest absolute Gasteiger partial charge is 0.226 e. The molecule has 3 atom stereocenters. The van der Waals surface area contributed by atoms with Gasteiger partial charge in [-0.15, -0.1) is 0 Å². The van der Waals surface area contributed by atoms with Crippen LogP contribution < -0.4 is 0 Å². The highest BCUT2D eigenvalue weighted by molar-refractivity contribution is 5.82. The molecule has 2 aliphatic rings. The van der Waals surface area contributed by atoms with E-state index in [0.717, 1.165) is 26.2 Å². The van der Waals surface area contributed by atoms with Crippen molar-refractivity contribution < 1.29 is 4.79 Å². The highest BCUT2D eigenvalue weighted by Crippen LogP contribution is 2.52. The Morgan fingerprint density at radius 2 is 1.79 bits per heavy atom. The van der Waals surface area contributed by atoms with Crippen LogP contribution in [0.25, 0.3) is 0 Å². The molecular weight excluding hydrogens is 176 g/mol. The van der Waals surface area contributed by atoms with Crippen molar-refractivity contribution in [2.45, 2.75) is 13.8 Å². The van der Waals surface area contributed by atoms with Crippen molar-refractivity contribution in [2.24, 2.45) is 17.8 Å². The van der Waals surface area contributed by atoms with Crippen LogP contribution in [0.1, 0.15) is 13.8 Å². The van der Waals surface area contributed by atoms with Crippen LogP contribution >= 0.6 is 0 Å². The summed E-state index contributed by atoms with van der Waals surface area (Å²) in [5.41, 5.74) is 0. The number of likely N-dealkylation sites (tertiary alicyclic amines) is 1. The average Bonchev–Trinajstić information content (AvgIpc) is 2.66. The van der Waals surface area contributed by atoms with E-state index < -0.39 is 0 Å². The lowest BCUT2D eigenvalue weighted by atomic mass is 10.2. The van der Waals surface area contributed by atoms with Gasteiger partial charge in [-0.05, 0) is 32.7 Å². The Hall–Kier alpha value is -0.570. The van der Waals surface area contributed by atoms with E-state index in [1.54, 1.807) is 0 Å². The predicted octanol–water partition coefficient (Wildman–Crippen LogP) is 0.662. The van der Waals surface area contributed by atoms with Gasteiger partial charge in [0.2, 0.25) is 5.91 Å². The van der Waals surface area contributed by atoms with E-state index in [9.17, 15) is 4.79 Å². The van der Waals surface area contributed by atoms with Crippen molar-refractivity contribution in [3.8, 4) is 0 Å². The standard InChI is InChI=1S/C11H20N2O/c1-4-13(5-2)11(14)10-8-6-12(3)7-9(8)10/h8-10H,4-7H2,1-3H3/t8-,9+,10?. The third kappa shape index (κ3) is 1.44. The summed E-state index contributed by atoms with van der Waals surface area (Å²) in [6.07, 6.45) is 0. The van der Waals surface area contributed by atoms with Crippen molar-refractivity contribution in [1.82, 2.24) is 9.80 Å². The summed E-state index contributed by atoms with van der Waals surface area (Å²) in [5.74, 6) is 2.12. The molecule has 0 bridgehead atoms. The monoisotopic (exact) mass is 196 g/mol. The van der Waals surface area contributed by atoms with Gasteiger partial charge in [0.25, 0.3) is 0 Å². The van der Waals surface area contributed by atoms with Crippen molar-refractivity contribution in [3.05, 3.63) is 0 Å². The first-order chi connectivity index (χ1) is 6.69. The van der Waals surface area contributed by atoms with Gasteiger partial charge in [-0.2, -0.15) is 0 Å². The number of hydrogen-bond donors (Lipinski definition) is 0. The summed E-state index contributed by atoms with van der Waals surface area (Å²) < 4.78 is 0. The Bertz CT molecular complexity index is 225. The van der Waals surface area contributed by atoms with Crippen LogP contribution in [0.4, 0.5) is 0 Å². The molecule has 14 heavy (non-hydrogen) atoms. The van der Waals surface area contributed by atoms with Gasteiger partial charge < -0.3 is 9.80 Å². The van der Waals surface area contributed by atoms with Gasteiger partial charge >= 0.3 is 0 Å². The van der Waals surface area contributed by atoms with Gasteiger partial charge in [-0.1, -0.05) is 0 Å². The number of carbonyl (C=O) groups excluding carboxylic acids is 1. The number of rotatable bonds is 3. The highest BCUT2D eigenvalue weighted by Gasteiger charge is 2.59. The molecule has 0 N–H and O–H groups in total. The summed E-state index contributed by atoms with van der Waals surface area (Å²) >= 11 is 0. The summed E-state index contributed by atoms with van der Waals surface area (Å²) in [6, 6.07) is 0. The number of fused-ring (bicyclic) bond motifs is 1. The van der Waals surface area contributed by atoms with Crippen LogP contribution in [0.3, 0.4) is 0 Å². The molecule has 1 saturated carbocycles. The first-order valence-corrected chi connectivity index (χ1v) is 5.66. The van der Waals surface area contributed by atoms with E-state index in [1.807, 2.05) is 4.90 Å². The Morgan fingerprint density at radius 1 is 1.29 bits per heavy atom. The lowest BCUT2D eigenvalue weighted by Crippen LogP contribution is -2.34. The number of carbonyl (C=O) groups is 1. The summed E-state index contributed by atoms with van der Waals surface area (Å²) in [6.45, 7) is 8.10. The molecule has 2 rings (SSSR count). The molecule has 1 aliphatic carbocycles. The second kappa shape index (κ2) is 3.54. The molecule has 3 nitrogen and oxygen atoms in total. The zero-order valence-electron chi connectivity index (χ0n) is 9.36. The fourth-order valence-electron chi connectivity index (χ4n) is 2.85. The molecule has 0 spiro atoms. The van der Waals surface area contributed by atoms with Gasteiger partial charge in [0.05, 0.1) is 0 Å². The molecule has 1 amide bonds.